The van der Waals surface area contributed by atoms with E-state index in [1.54, 1.807) is 0 Å². The van der Waals surface area contributed by atoms with Gasteiger partial charge in [-0.15, -0.1) is 0 Å². The molecule has 2 heterocycles. The summed E-state index contributed by atoms with van der Waals surface area (Å²) in [6, 6.07) is 2.23. The van der Waals surface area contributed by atoms with Crippen LogP contribution in [-0.4, -0.2) is 24.5 Å². The molecule has 21 heavy (non-hydrogen) atoms. The van der Waals surface area contributed by atoms with Crippen LogP contribution in [0.15, 0.2) is 10.5 Å². The van der Waals surface area contributed by atoms with Crippen LogP contribution < -0.4 is 5.32 Å². The van der Waals surface area contributed by atoms with Gasteiger partial charge in [0.1, 0.15) is 11.5 Å². The molecule has 1 aromatic heterocycles. The van der Waals surface area contributed by atoms with Crippen LogP contribution >= 0.6 is 0 Å². The Bertz CT molecular complexity index is 437. The zero-order valence-electron chi connectivity index (χ0n) is 14.5. The second-order valence-corrected chi connectivity index (χ2v) is 7.49. The number of rotatable bonds is 5. The summed E-state index contributed by atoms with van der Waals surface area (Å²) in [6.45, 7) is 16.6. The zero-order valence-corrected chi connectivity index (χ0v) is 14.5. The van der Waals surface area contributed by atoms with Gasteiger partial charge in [0.05, 0.1) is 6.54 Å². The normalized spacial score (nSPS) is 18.3. The first-order chi connectivity index (χ1) is 9.90. The molecule has 120 valence electrons. The van der Waals surface area contributed by atoms with Crippen molar-refractivity contribution in [2.24, 2.45) is 11.3 Å². The van der Waals surface area contributed by atoms with Crippen LogP contribution in [-0.2, 0) is 13.1 Å². The van der Waals surface area contributed by atoms with E-state index in [0.29, 0.717) is 5.41 Å². The molecule has 1 fully saturated rings. The Kier molecular flexibility index (Phi) is 5.50. The van der Waals surface area contributed by atoms with Gasteiger partial charge in [-0.05, 0) is 56.8 Å². The SMILES string of the molecule is CCNCc1cc(CN2CCC(C(C)(C)C)CC2)c(C)o1. The number of nitrogens with zero attached hydrogens (tertiary/aromatic N) is 1. The first-order valence-electron chi connectivity index (χ1n) is 8.41. The van der Waals surface area contributed by atoms with Crippen LogP contribution in [0.2, 0.25) is 0 Å². The summed E-state index contributed by atoms with van der Waals surface area (Å²) in [5.74, 6) is 3.01. The maximum absolute atomic E-state index is 5.84. The van der Waals surface area contributed by atoms with Gasteiger partial charge in [0, 0.05) is 12.1 Å². The van der Waals surface area contributed by atoms with Gasteiger partial charge in [0.2, 0.25) is 0 Å². The minimum Gasteiger partial charge on any atom is -0.465 e. The Balaban J connectivity index is 1.87. The van der Waals surface area contributed by atoms with Gasteiger partial charge in [-0.1, -0.05) is 27.7 Å². The number of hydrogen-bond acceptors (Lipinski definition) is 3. The van der Waals surface area contributed by atoms with Crippen molar-refractivity contribution in [2.75, 3.05) is 19.6 Å². The second kappa shape index (κ2) is 6.97. The number of furan rings is 1. The van der Waals surface area contributed by atoms with Crippen molar-refractivity contribution in [3.05, 3.63) is 23.2 Å². The highest BCUT2D eigenvalue weighted by Gasteiger charge is 2.28. The molecule has 1 aliphatic heterocycles. The number of piperidine rings is 1. The third-order valence-electron chi connectivity index (χ3n) is 4.83. The van der Waals surface area contributed by atoms with Crippen molar-refractivity contribution in [1.29, 1.82) is 0 Å². The van der Waals surface area contributed by atoms with Gasteiger partial charge in [0.15, 0.2) is 0 Å². The van der Waals surface area contributed by atoms with Crippen LogP contribution in [0.25, 0.3) is 0 Å². The maximum atomic E-state index is 5.84. The van der Waals surface area contributed by atoms with Crippen LogP contribution in [0.1, 0.15) is 57.6 Å². The summed E-state index contributed by atoms with van der Waals surface area (Å²) in [7, 11) is 0. The fourth-order valence-electron chi connectivity index (χ4n) is 3.28. The van der Waals surface area contributed by atoms with Gasteiger partial charge in [-0.3, -0.25) is 4.90 Å². The predicted molar refractivity (Wildman–Crippen MR) is 88.3 cm³/mol. The summed E-state index contributed by atoms with van der Waals surface area (Å²) >= 11 is 0. The highest BCUT2D eigenvalue weighted by molar-refractivity contribution is 5.20. The first-order valence-corrected chi connectivity index (χ1v) is 8.41. The largest absolute Gasteiger partial charge is 0.465 e. The Morgan fingerprint density at radius 2 is 1.95 bits per heavy atom. The van der Waals surface area contributed by atoms with Crippen molar-refractivity contribution in [2.45, 2.75) is 60.5 Å². The molecular weight excluding hydrogens is 260 g/mol. The molecule has 1 N–H and O–H groups in total. The van der Waals surface area contributed by atoms with Crippen molar-refractivity contribution in [1.82, 2.24) is 10.2 Å². The summed E-state index contributed by atoms with van der Waals surface area (Å²) in [6.07, 6.45) is 2.65. The van der Waals surface area contributed by atoms with E-state index in [0.717, 1.165) is 37.1 Å². The maximum Gasteiger partial charge on any atom is 0.118 e. The molecule has 1 aromatic rings. The average molecular weight is 292 g/mol. The summed E-state index contributed by atoms with van der Waals surface area (Å²) in [5.41, 5.74) is 1.81. The lowest BCUT2D eigenvalue weighted by atomic mass is 9.75. The molecule has 1 aliphatic rings. The van der Waals surface area contributed by atoms with Crippen molar-refractivity contribution < 1.29 is 4.42 Å². The van der Waals surface area contributed by atoms with E-state index in [2.05, 4.69) is 50.9 Å². The van der Waals surface area contributed by atoms with E-state index >= 15 is 0 Å². The van der Waals surface area contributed by atoms with E-state index in [4.69, 9.17) is 4.42 Å². The molecule has 0 saturated carbocycles. The molecule has 1 saturated heterocycles. The van der Waals surface area contributed by atoms with Crippen LogP contribution in [0.4, 0.5) is 0 Å². The first kappa shape index (κ1) is 16.6. The minimum absolute atomic E-state index is 0.455. The molecular formula is C18H32N2O. The molecule has 0 spiro atoms. The third kappa shape index (κ3) is 4.58. The molecule has 0 radical (unpaired) electrons. The lowest BCUT2D eigenvalue weighted by Crippen LogP contribution is -2.37. The lowest BCUT2D eigenvalue weighted by molar-refractivity contribution is 0.108. The van der Waals surface area contributed by atoms with Gasteiger partial charge < -0.3 is 9.73 Å². The smallest absolute Gasteiger partial charge is 0.118 e. The van der Waals surface area contributed by atoms with Crippen molar-refractivity contribution in [3.8, 4) is 0 Å². The Hall–Kier alpha value is -0.800. The van der Waals surface area contributed by atoms with Crippen LogP contribution in [0.3, 0.4) is 0 Å². The van der Waals surface area contributed by atoms with Crippen LogP contribution in [0, 0.1) is 18.3 Å². The van der Waals surface area contributed by atoms with E-state index in [9.17, 15) is 0 Å². The summed E-state index contributed by atoms with van der Waals surface area (Å²) in [5, 5.41) is 3.32. The fourth-order valence-corrected chi connectivity index (χ4v) is 3.28. The molecule has 0 atom stereocenters. The van der Waals surface area contributed by atoms with E-state index in [1.807, 2.05) is 0 Å². The highest BCUT2D eigenvalue weighted by Crippen LogP contribution is 2.34. The molecule has 3 nitrogen and oxygen atoms in total. The monoisotopic (exact) mass is 292 g/mol. The number of aryl methyl sites for hydroxylation is 1. The molecule has 0 aliphatic carbocycles. The van der Waals surface area contributed by atoms with E-state index in [1.165, 1.54) is 31.5 Å². The number of likely N-dealkylation sites (tertiary alicyclic amines) is 1. The third-order valence-corrected chi connectivity index (χ3v) is 4.83. The predicted octanol–water partition coefficient (Wildman–Crippen LogP) is 3.96. The van der Waals surface area contributed by atoms with Gasteiger partial charge in [0.25, 0.3) is 0 Å². The Morgan fingerprint density at radius 3 is 2.52 bits per heavy atom. The van der Waals surface area contributed by atoms with Crippen molar-refractivity contribution >= 4 is 0 Å². The minimum atomic E-state index is 0.455. The number of hydrogen-bond donors (Lipinski definition) is 1. The molecule has 3 heteroatoms. The quantitative estimate of drug-likeness (QED) is 0.890. The average Bonchev–Trinajstić information content (AvgIpc) is 2.76. The zero-order chi connectivity index (χ0) is 15.5. The molecule has 0 bridgehead atoms. The molecule has 0 unspecified atom stereocenters. The highest BCUT2D eigenvalue weighted by atomic mass is 16.3. The number of nitrogens with one attached hydrogen (secondary N) is 1. The molecule has 2 rings (SSSR count). The van der Waals surface area contributed by atoms with Gasteiger partial charge in [-0.25, -0.2) is 0 Å². The van der Waals surface area contributed by atoms with E-state index < -0.39 is 0 Å². The second-order valence-electron chi connectivity index (χ2n) is 7.49. The standard InChI is InChI=1S/C18H32N2O/c1-6-19-12-17-11-15(14(2)21-17)13-20-9-7-16(8-10-20)18(3,4)5/h11,16,19H,6-10,12-13H2,1-5H3. The molecule has 0 aromatic carbocycles. The Labute approximate surface area is 130 Å². The van der Waals surface area contributed by atoms with Crippen LogP contribution in [0.5, 0.6) is 0 Å². The van der Waals surface area contributed by atoms with Gasteiger partial charge in [-0.2, -0.15) is 0 Å². The van der Waals surface area contributed by atoms with Crippen molar-refractivity contribution in [3.63, 3.8) is 0 Å². The summed E-state index contributed by atoms with van der Waals surface area (Å²) < 4.78 is 5.84. The Morgan fingerprint density at radius 1 is 1.29 bits per heavy atom. The molecule has 0 amide bonds. The van der Waals surface area contributed by atoms with E-state index in [-0.39, 0.29) is 0 Å². The van der Waals surface area contributed by atoms with Gasteiger partial charge >= 0.3 is 0 Å². The fraction of sp³-hybridized carbons (Fsp3) is 0.778. The lowest BCUT2D eigenvalue weighted by Gasteiger charge is -2.38. The summed E-state index contributed by atoms with van der Waals surface area (Å²) in [4.78, 5) is 2.58. The topological polar surface area (TPSA) is 28.4 Å².